The lowest BCUT2D eigenvalue weighted by Crippen LogP contribution is -2.04. The third kappa shape index (κ3) is 2.37. The van der Waals surface area contributed by atoms with Crippen LogP contribution < -0.4 is 5.32 Å². The minimum Gasteiger partial charge on any atom is -0.309 e. The van der Waals surface area contributed by atoms with Crippen LogP contribution in [0.2, 0.25) is 0 Å². The lowest BCUT2D eigenvalue weighted by atomic mass is 10.2. The Bertz CT molecular complexity index is 307. The number of nitrogens with one attached hydrogen (secondary N) is 1. The number of hydrogen-bond donors (Lipinski definition) is 1. The summed E-state index contributed by atoms with van der Waals surface area (Å²) in [6.07, 6.45) is 1.76. The summed E-state index contributed by atoms with van der Waals surface area (Å²) in [6, 6.07) is 3.93. The molecule has 0 aromatic carbocycles. The second kappa shape index (κ2) is 4.53. The monoisotopic (exact) mass is 160 g/mol. The molecule has 0 atom stereocenters. The third-order valence-corrected chi connectivity index (χ3v) is 1.48. The third-order valence-electron chi connectivity index (χ3n) is 1.48. The van der Waals surface area contributed by atoms with Gasteiger partial charge in [0.2, 0.25) is 0 Å². The lowest BCUT2D eigenvalue weighted by molar-refractivity contribution is 0.938. The predicted molar refractivity (Wildman–Crippen MR) is 49.8 cm³/mol. The van der Waals surface area contributed by atoms with Gasteiger partial charge in [0, 0.05) is 6.20 Å². The Balaban J connectivity index is 2.77. The first kappa shape index (κ1) is 8.76. The minimum absolute atomic E-state index is 0.704. The molecule has 1 rings (SSSR count). The van der Waals surface area contributed by atoms with Crippen molar-refractivity contribution < 1.29 is 0 Å². The van der Waals surface area contributed by atoms with Crippen LogP contribution in [0, 0.1) is 18.8 Å². The molecule has 62 valence electrons. The Hall–Kier alpha value is -1.33. The van der Waals surface area contributed by atoms with Gasteiger partial charge in [-0.2, -0.15) is 0 Å². The number of pyridine rings is 1. The van der Waals surface area contributed by atoms with Gasteiger partial charge in [0.05, 0.1) is 6.54 Å². The molecule has 2 nitrogen and oxygen atoms in total. The van der Waals surface area contributed by atoms with Crippen molar-refractivity contribution in [1.82, 2.24) is 10.3 Å². The lowest BCUT2D eigenvalue weighted by Gasteiger charge is -1.93. The van der Waals surface area contributed by atoms with Gasteiger partial charge < -0.3 is 5.32 Å². The van der Waals surface area contributed by atoms with E-state index in [9.17, 15) is 0 Å². The van der Waals surface area contributed by atoms with Gasteiger partial charge in [-0.15, -0.1) is 0 Å². The van der Waals surface area contributed by atoms with E-state index in [2.05, 4.69) is 22.1 Å². The topological polar surface area (TPSA) is 24.9 Å². The van der Waals surface area contributed by atoms with Gasteiger partial charge in [-0.05, 0) is 31.5 Å². The highest BCUT2D eigenvalue weighted by atomic mass is 14.8. The number of nitrogens with zero attached hydrogens (tertiary/aromatic N) is 1. The van der Waals surface area contributed by atoms with Crippen molar-refractivity contribution in [3.05, 3.63) is 29.6 Å². The van der Waals surface area contributed by atoms with Crippen LogP contribution in [0.4, 0.5) is 0 Å². The number of hydrogen-bond acceptors (Lipinski definition) is 2. The molecule has 0 amide bonds. The summed E-state index contributed by atoms with van der Waals surface area (Å²) in [5.41, 5.74) is 1.99. The van der Waals surface area contributed by atoms with Gasteiger partial charge in [0.15, 0.2) is 0 Å². The summed E-state index contributed by atoms with van der Waals surface area (Å²) < 4.78 is 0. The molecule has 0 aliphatic heterocycles. The Morgan fingerprint density at radius 2 is 2.42 bits per heavy atom. The molecule has 0 aliphatic rings. The number of aryl methyl sites for hydroxylation is 1. The molecule has 1 heterocycles. The summed E-state index contributed by atoms with van der Waals surface area (Å²) in [6.45, 7) is 2.71. The van der Waals surface area contributed by atoms with Crippen molar-refractivity contribution in [3.63, 3.8) is 0 Å². The van der Waals surface area contributed by atoms with Gasteiger partial charge in [-0.25, -0.2) is 4.98 Å². The van der Waals surface area contributed by atoms with E-state index in [0.29, 0.717) is 6.54 Å². The van der Waals surface area contributed by atoms with Gasteiger partial charge in [-0.1, -0.05) is 12.0 Å². The van der Waals surface area contributed by atoms with Crippen LogP contribution in [0.1, 0.15) is 11.3 Å². The van der Waals surface area contributed by atoms with E-state index in [4.69, 9.17) is 0 Å². The number of rotatable bonds is 1. The van der Waals surface area contributed by atoms with Crippen molar-refractivity contribution >= 4 is 0 Å². The maximum absolute atomic E-state index is 4.15. The van der Waals surface area contributed by atoms with Crippen LogP contribution in [0.15, 0.2) is 18.3 Å². The second-order valence-corrected chi connectivity index (χ2v) is 2.50. The summed E-state index contributed by atoms with van der Waals surface area (Å²) in [4.78, 5) is 4.15. The maximum Gasteiger partial charge on any atom is 0.116 e. The smallest absolute Gasteiger partial charge is 0.116 e. The molecular weight excluding hydrogens is 148 g/mol. The zero-order valence-electron chi connectivity index (χ0n) is 7.39. The van der Waals surface area contributed by atoms with Crippen LogP contribution in [0.3, 0.4) is 0 Å². The van der Waals surface area contributed by atoms with E-state index < -0.39 is 0 Å². The van der Waals surface area contributed by atoms with Crippen LogP contribution in [0.5, 0.6) is 0 Å². The van der Waals surface area contributed by atoms with Crippen molar-refractivity contribution in [1.29, 1.82) is 0 Å². The van der Waals surface area contributed by atoms with E-state index in [1.54, 1.807) is 6.20 Å². The molecule has 12 heavy (non-hydrogen) atoms. The standard InChI is InChI=1S/C10H12N2/c1-9-5-3-8-12-10(9)6-4-7-11-2/h3,5,8,11H,7H2,1-2H3. The molecule has 0 bridgehead atoms. The Kier molecular flexibility index (Phi) is 3.31. The van der Waals surface area contributed by atoms with Crippen molar-refractivity contribution in [2.24, 2.45) is 0 Å². The van der Waals surface area contributed by atoms with E-state index in [1.807, 2.05) is 26.1 Å². The van der Waals surface area contributed by atoms with Gasteiger partial charge in [0.25, 0.3) is 0 Å². The SMILES string of the molecule is CNCC#Cc1ncccc1C. The molecule has 2 heteroatoms. The molecule has 0 saturated carbocycles. The quantitative estimate of drug-likeness (QED) is 0.619. The first-order valence-electron chi connectivity index (χ1n) is 3.89. The summed E-state index contributed by atoms with van der Waals surface area (Å²) in [5.74, 6) is 5.96. The van der Waals surface area contributed by atoms with Gasteiger partial charge in [-0.3, -0.25) is 0 Å². The fourth-order valence-electron chi connectivity index (χ4n) is 0.833. The zero-order valence-corrected chi connectivity index (χ0v) is 7.39. The predicted octanol–water partition coefficient (Wildman–Crippen LogP) is 0.961. The maximum atomic E-state index is 4.15. The van der Waals surface area contributed by atoms with Crippen LogP contribution in [-0.2, 0) is 0 Å². The molecule has 1 aromatic heterocycles. The minimum atomic E-state index is 0.704. The summed E-state index contributed by atoms with van der Waals surface area (Å²) >= 11 is 0. The molecule has 1 aromatic rings. The first-order valence-corrected chi connectivity index (χ1v) is 3.89. The molecule has 0 radical (unpaired) electrons. The molecular formula is C10H12N2. The van der Waals surface area contributed by atoms with E-state index >= 15 is 0 Å². The van der Waals surface area contributed by atoms with Crippen molar-refractivity contribution in [2.75, 3.05) is 13.6 Å². The Labute approximate surface area is 73.0 Å². The second-order valence-electron chi connectivity index (χ2n) is 2.50. The van der Waals surface area contributed by atoms with Crippen molar-refractivity contribution in [3.8, 4) is 11.8 Å². The number of aromatic nitrogens is 1. The molecule has 0 unspecified atom stereocenters. The largest absolute Gasteiger partial charge is 0.309 e. The first-order chi connectivity index (χ1) is 5.84. The fraction of sp³-hybridized carbons (Fsp3) is 0.300. The average Bonchev–Trinajstić information content (AvgIpc) is 2.09. The zero-order chi connectivity index (χ0) is 8.81. The van der Waals surface area contributed by atoms with E-state index in [1.165, 1.54) is 0 Å². The summed E-state index contributed by atoms with van der Waals surface area (Å²) in [7, 11) is 1.87. The Morgan fingerprint density at radius 3 is 3.08 bits per heavy atom. The molecule has 0 fully saturated rings. The summed E-state index contributed by atoms with van der Waals surface area (Å²) in [5, 5.41) is 2.96. The molecule has 0 aliphatic carbocycles. The van der Waals surface area contributed by atoms with Gasteiger partial charge in [0.1, 0.15) is 5.69 Å². The Morgan fingerprint density at radius 1 is 1.58 bits per heavy atom. The molecule has 1 N–H and O–H groups in total. The highest BCUT2D eigenvalue weighted by Gasteiger charge is 1.90. The highest BCUT2D eigenvalue weighted by Crippen LogP contribution is 1.99. The average molecular weight is 160 g/mol. The van der Waals surface area contributed by atoms with Crippen molar-refractivity contribution in [2.45, 2.75) is 6.92 Å². The molecule has 0 saturated heterocycles. The van der Waals surface area contributed by atoms with Crippen LogP contribution in [0.25, 0.3) is 0 Å². The van der Waals surface area contributed by atoms with Crippen LogP contribution >= 0.6 is 0 Å². The highest BCUT2D eigenvalue weighted by molar-refractivity contribution is 5.34. The fourth-order valence-corrected chi connectivity index (χ4v) is 0.833. The van der Waals surface area contributed by atoms with Crippen LogP contribution in [-0.4, -0.2) is 18.6 Å². The molecule has 0 spiro atoms. The van der Waals surface area contributed by atoms with Gasteiger partial charge >= 0.3 is 0 Å². The van der Waals surface area contributed by atoms with E-state index in [-0.39, 0.29) is 0 Å². The van der Waals surface area contributed by atoms with E-state index in [0.717, 1.165) is 11.3 Å². The normalized spacial score (nSPS) is 8.83.